The summed E-state index contributed by atoms with van der Waals surface area (Å²) in [5.74, 6) is 1.07. The van der Waals surface area contributed by atoms with Crippen LogP contribution in [-0.4, -0.2) is 36.0 Å². The van der Waals surface area contributed by atoms with Crippen LogP contribution in [0.25, 0.3) is 0 Å². The zero-order valence-corrected chi connectivity index (χ0v) is 13.7. The summed E-state index contributed by atoms with van der Waals surface area (Å²) in [6, 6.07) is 0. The van der Waals surface area contributed by atoms with Crippen molar-refractivity contribution in [3.8, 4) is 0 Å². The Bertz CT molecular complexity index is 733. The van der Waals surface area contributed by atoms with Gasteiger partial charge in [0.05, 0.1) is 12.2 Å². The number of anilines is 2. The number of carbonyl (C=O) groups is 1. The highest BCUT2D eigenvalue weighted by Crippen LogP contribution is 2.40. The van der Waals surface area contributed by atoms with E-state index in [9.17, 15) is 9.59 Å². The van der Waals surface area contributed by atoms with Gasteiger partial charge in [0, 0.05) is 37.8 Å². The van der Waals surface area contributed by atoms with E-state index in [1.807, 2.05) is 0 Å². The van der Waals surface area contributed by atoms with Crippen LogP contribution in [0.1, 0.15) is 32.3 Å². The summed E-state index contributed by atoms with van der Waals surface area (Å²) in [5, 5.41) is 6.23. The number of fused-ring (bicyclic) bond motifs is 1. The predicted molar refractivity (Wildman–Crippen MR) is 87.6 cm³/mol. The molecule has 3 N–H and O–H groups in total. The van der Waals surface area contributed by atoms with Crippen LogP contribution >= 0.6 is 0 Å². The number of H-pyrrole nitrogens is 1. The fourth-order valence-electron chi connectivity index (χ4n) is 3.12. The van der Waals surface area contributed by atoms with Crippen LogP contribution in [0.2, 0.25) is 0 Å². The van der Waals surface area contributed by atoms with Gasteiger partial charge in [0.15, 0.2) is 5.78 Å². The zero-order valence-electron chi connectivity index (χ0n) is 13.7. The molecule has 0 amide bonds. The largest absolute Gasteiger partial charge is 0.383 e. The third-order valence-corrected chi connectivity index (χ3v) is 4.23. The van der Waals surface area contributed by atoms with Crippen LogP contribution in [0.4, 0.5) is 11.8 Å². The molecule has 2 heterocycles. The van der Waals surface area contributed by atoms with Crippen molar-refractivity contribution in [2.24, 2.45) is 5.41 Å². The van der Waals surface area contributed by atoms with Gasteiger partial charge >= 0.3 is 0 Å². The van der Waals surface area contributed by atoms with Crippen LogP contribution in [-0.2, 0) is 16.0 Å². The Morgan fingerprint density at radius 1 is 1.30 bits per heavy atom. The number of rotatable bonds is 4. The number of Topliss-reactive ketones (excluding diaryl/α,β-unsaturated/α-hetero) is 1. The Kier molecular flexibility index (Phi) is 3.97. The van der Waals surface area contributed by atoms with Gasteiger partial charge in [-0.3, -0.25) is 14.6 Å². The fourth-order valence-corrected chi connectivity index (χ4v) is 3.12. The average molecular weight is 318 g/mol. The van der Waals surface area contributed by atoms with Crippen molar-refractivity contribution >= 4 is 17.5 Å². The van der Waals surface area contributed by atoms with Gasteiger partial charge in [-0.05, 0) is 11.8 Å². The third-order valence-electron chi connectivity index (χ3n) is 4.23. The van der Waals surface area contributed by atoms with Crippen LogP contribution in [0.15, 0.2) is 16.1 Å². The highest BCUT2D eigenvalue weighted by Gasteiger charge is 2.36. The molecule has 0 radical (unpaired) electrons. The average Bonchev–Trinajstić information content (AvgIpc) is 2.45. The lowest BCUT2D eigenvalue weighted by Gasteiger charge is -2.35. The van der Waals surface area contributed by atoms with Crippen LogP contribution in [0.3, 0.4) is 0 Å². The van der Waals surface area contributed by atoms with Gasteiger partial charge in [-0.1, -0.05) is 13.8 Å². The van der Waals surface area contributed by atoms with Crippen LogP contribution < -0.4 is 16.2 Å². The second-order valence-electron chi connectivity index (χ2n) is 6.86. The van der Waals surface area contributed by atoms with E-state index in [0.717, 1.165) is 17.7 Å². The smallest absolute Gasteiger partial charge is 0.257 e. The highest BCUT2D eigenvalue weighted by molar-refractivity contribution is 5.99. The second-order valence-corrected chi connectivity index (χ2v) is 6.86. The monoisotopic (exact) mass is 318 g/mol. The van der Waals surface area contributed by atoms with Crippen molar-refractivity contribution in [1.82, 2.24) is 9.97 Å². The first-order valence-electron chi connectivity index (χ1n) is 7.78. The SMILES string of the molecule is COCCNc1nc2c(c(=O)[nH]1)CC1=C(CC(C)(C)CC1=O)N2. The Hall–Kier alpha value is -2.15. The van der Waals surface area contributed by atoms with E-state index >= 15 is 0 Å². The number of hydrogen-bond acceptors (Lipinski definition) is 6. The Morgan fingerprint density at radius 2 is 2.09 bits per heavy atom. The van der Waals surface area contributed by atoms with Gasteiger partial charge in [0.2, 0.25) is 5.95 Å². The first kappa shape index (κ1) is 15.7. The summed E-state index contributed by atoms with van der Waals surface area (Å²) < 4.78 is 4.97. The van der Waals surface area contributed by atoms with Gasteiger partial charge in [-0.15, -0.1) is 0 Å². The van der Waals surface area contributed by atoms with E-state index in [-0.39, 0.29) is 16.8 Å². The topological polar surface area (TPSA) is 96.1 Å². The molecule has 0 fully saturated rings. The van der Waals surface area contributed by atoms with Crippen LogP contribution in [0, 0.1) is 5.41 Å². The van der Waals surface area contributed by atoms with E-state index in [1.54, 1.807) is 7.11 Å². The summed E-state index contributed by atoms with van der Waals surface area (Å²) in [6.45, 7) is 5.23. The molecule has 3 rings (SSSR count). The molecule has 0 bridgehead atoms. The molecule has 0 saturated carbocycles. The Morgan fingerprint density at radius 3 is 2.83 bits per heavy atom. The second kappa shape index (κ2) is 5.81. The summed E-state index contributed by atoms with van der Waals surface area (Å²) >= 11 is 0. The van der Waals surface area contributed by atoms with Gasteiger partial charge in [0.1, 0.15) is 5.82 Å². The molecule has 7 nitrogen and oxygen atoms in total. The number of ketones is 1. The van der Waals surface area contributed by atoms with Crippen LogP contribution in [0.5, 0.6) is 0 Å². The lowest BCUT2D eigenvalue weighted by molar-refractivity contribution is -0.118. The molecular weight excluding hydrogens is 296 g/mol. The molecule has 1 aliphatic carbocycles. The molecule has 0 aromatic carbocycles. The standard InChI is InChI=1S/C16H22N4O3/c1-16(2)7-11-9(12(21)8-16)6-10-13(18-11)19-15(20-14(10)22)17-4-5-23-3/h4-8H2,1-3H3,(H3,17,18,19,20,22). The Balaban J connectivity index is 1.89. The predicted octanol–water partition coefficient (Wildman–Crippen LogP) is 1.44. The quantitative estimate of drug-likeness (QED) is 0.727. The molecule has 124 valence electrons. The summed E-state index contributed by atoms with van der Waals surface area (Å²) in [7, 11) is 1.61. The van der Waals surface area contributed by atoms with E-state index in [0.29, 0.717) is 43.3 Å². The summed E-state index contributed by atoms with van der Waals surface area (Å²) in [4.78, 5) is 31.8. The van der Waals surface area contributed by atoms with Crippen molar-refractivity contribution in [2.75, 3.05) is 30.9 Å². The maximum absolute atomic E-state index is 12.3. The molecule has 7 heteroatoms. The highest BCUT2D eigenvalue weighted by atomic mass is 16.5. The van der Waals surface area contributed by atoms with Gasteiger partial charge in [-0.25, -0.2) is 0 Å². The number of nitrogens with one attached hydrogen (secondary N) is 3. The summed E-state index contributed by atoms with van der Waals surface area (Å²) in [6.07, 6.45) is 1.66. The van der Waals surface area contributed by atoms with Crippen molar-refractivity contribution in [3.05, 3.63) is 27.2 Å². The first-order valence-corrected chi connectivity index (χ1v) is 7.78. The van der Waals surface area contributed by atoms with Crippen molar-refractivity contribution in [1.29, 1.82) is 0 Å². The number of aromatic nitrogens is 2. The molecule has 0 spiro atoms. The third kappa shape index (κ3) is 3.14. The minimum absolute atomic E-state index is 0.0683. The van der Waals surface area contributed by atoms with E-state index < -0.39 is 0 Å². The Labute approximate surface area is 134 Å². The lowest BCUT2D eigenvalue weighted by atomic mass is 9.74. The molecular formula is C16H22N4O3. The number of hydrogen-bond donors (Lipinski definition) is 3. The van der Waals surface area contributed by atoms with Crippen molar-refractivity contribution in [2.45, 2.75) is 33.1 Å². The van der Waals surface area contributed by atoms with Gasteiger partial charge < -0.3 is 15.4 Å². The van der Waals surface area contributed by atoms with Gasteiger partial charge in [-0.2, -0.15) is 4.98 Å². The van der Waals surface area contributed by atoms with E-state index in [2.05, 4.69) is 34.4 Å². The number of ether oxygens (including phenoxy) is 1. The van der Waals surface area contributed by atoms with Crippen molar-refractivity contribution < 1.29 is 9.53 Å². The number of allylic oxidation sites excluding steroid dienone is 2. The first-order chi connectivity index (χ1) is 10.9. The normalized spacial score (nSPS) is 19.0. The number of aromatic amines is 1. The molecule has 23 heavy (non-hydrogen) atoms. The minimum atomic E-state index is -0.216. The maximum atomic E-state index is 12.3. The number of carbonyl (C=O) groups excluding carboxylic acids is 1. The molecule has 1 aliphatic heterocycles. The number of methoxy groups -OCH3 is 1. The molecule has 2 aliphatic rings. The van der Waals surface area contributed by atoms with Gasteiger partial charge in [0.25, 0.3) is 5.56 Å². The minimum Gasteiger partial charge on any atom is -0.383 e. The molecule has 0 atom stereocenters. The number of nitrogens with zero attached hydrogens (tertiary/aromatic N) is 1. The van der Waals surface area contributed by atoms with E-state index in [4.69, 9.17) is 4.74 Å². The molecule has 0 saturated heterocycles. The van der Waals surface area contributed by atoms with Crippen molar-refractivity contribution in [3.63, 3.8) is 0 Å². The lowest BCUT2D eigenvalue weighted by Crippen LogP contribution is -2.34. The molecule has 1 aromatic rings. The zero-order chi connectivity index (χ0) is 16.6. The maximum Gasteiger partial charge on any atom is 0.257 e. The molecule has 0 unspecified atom stereocenters. The van der Waals surface area contributed by atoms with E-state index in [1.165, 1.54) is 0 Å². The summed E-state index contributed by atoms with van der Waals surface area (Å²) in [5.41, 5.74) is 1.87. The fraction of sp³-hybridized carbons (Fsp3) is 0.562. The molecule has 1 aromatic heterocycles.